The first-order valence-corrected chi connectivity index (χ1v) is 7.44. The van der Waals surface area contributed by atoms with Crippen molar-refractivity contribution >= 4 is 20.8 Å². The van der Waals surface area contributed by atoms with E-state index in [1.54, 1.807) is 24.3 Å². The molecule has 2 aromatic rings. The molecule has 1 radical (unpaired) electrons. The average Bonchev–Trinajstić information content (AvgIpc) is 2.38. The van der Waals surface area contributed by atoms with Crippen LogP contribution in [0.4, 0.5) is 0 Å². The van der Waals surface area contributed by atoms with Crippen LogP contribution in [-0.4, -0.2) is 21.6 Å². The fraction of sp³-hybridized carbons (Fsp3) is 0.267. The summed E-state index contributed by atoms with van der Waals surface area (Å²) in [6, 6.07) is 10.5. The molecule has 0 aromatic heterocycles. The quantitative estimate of drug-likeness (QED) is 0.757. The average molecular weight is 382 g/mol. The molecule has 0 heterocycles. The topological polar surface area (TPSA) is 57.5 Å². The molecule has 113 valence electrons. The molecule has 21 heavy (non-hydrogen) atoms. The second kappa shape index (κ2) is 8.23. The van der Waals surface area contributed by atoms with Crippen molar-refractivity contribution < 1.29 is 45.9 Å². The number of benzene rings is 2. The van der Waals surface area contributed by atoms with E-state index < -0.39 is 10.0 Å². The third-order valence-electron chi connectivity index (χ3n) is 2.72. The summed E-state index contributed by atoms with van der Waals surface area (Å²) >= 11 is 0. The van der Waals surface area contributed by atoms with Gasteiger partial charge < -0.3 is 16.9 Å². The van der Waals surface area contributed by atoms with Crippen molar-refractivity contribution in [2.75, 3.05) is 7.05 Å². The number of hydrogen-bond acceptors (Lipinski definition) is 3. The Labute approximate surface area is 152 Å². The minimum absolute atomic E-state index is 0. The van der Waals surface area contributed by atoms with E-state index in [0.29, 0.717) is 11.1 Å². The van der Waals surface area contributed by atoms with Crippen LogP contribution in [0.2, 0.25) is 0 Å². The molecule has 0 atom stereocenters. The molecule has 0 aliphatic heterocycles. The predicted octanol–water partition coefficient (Wildman–Crippen LogP) is 3.77. The van der Waals surface area contributed by atoms with Crippen molar-refractivity contribution in [3.05, 3.63) is 48.5 Å². The predicted molar refractivity (Wildman–Crippen MR) is 82.6 cm³/mol. The van der Waals surface area contributed by atoms with Gasteiger partial charge in [-0.05, 0) is 26.0 Å². The van der Waals surface area contributed by atoms with Crippen LogP contribution in [0.1, 0.15) is 13.8 Å². The summed E-state index contributed by atoms with van der Waals surface area (Å²) < 4.78 is 33.0. The number of sulfonamides is 1. The summed E-state index contributed by atoms with van der Waals surface area (Å²) in [5.41, 5.74) is 0. The zero-order chi connectivity index (χ0) is 14.0. The summed E-state index contributed by atoms with van der Waals surface area (Å²) in [6.07, 6.45) is 0.0294. The molecule has 2 aromatic carbocycles. The Morgan fingerprint density at radius 3 is 2.14 bits per heavy atom. The molecule has 4 nitrogen and oxygen atoms in total. The molecule has 2 rings (SSSR count). The van der Waals surface area contributed by atoms with E-state index in [9.17, 15) is 8.42 Å². The summed E-state index contributed by atoms with van der Waals surface area (Å²) in [5.74, 6) is 0.681. The third-order valence-corrected chi connectivity index (χ3v) is 4.12. The minimum Gasteiger partial charge on any atom is -0.547 e. The molecule has 0 aliphatic carbocycles. The molecule has 0 spiro atoms. The number of fused-ring (bicyclic) bond motifs is 1. The summed E-state index contributed by atoms with van der Waals surface area (Å²) in [5, 5.41) is 1.41. The first-order valence-electron chi connectivity index (χ1n) is 6.00. The smallest absolute Gasteiger partial charge is 0.127 e. The molecule has 6 heteroatoms. The fourth-order valence-corrected chi connectivity index (χ4v) is 2.82. The van der Waals surface area contributed by atoms with Crippen LogP contribution in [0.15, 0.2) is 41.3 Å². The second-order valence-electron chi connectivity index (χ2n) is 4.43. The molecule has 0 fully saturated rings. The van der Waals surface area contributed by atoms with Crippen LogP contribution >= 0.6 is 0 Å². The first-order chi connectivity index (χ1) is 8.95. The Morgan fingerprint density at radius 2 is 1.62 bits per heavy atom. The molecule has 0 saturated carbocycles. The van der Waals surface area contributed by atoms with E-state index in [1.165, 1.54) is 7.05 Å². The Kier molecular flexibility index (Phi) is 8.04. The normalized spacial score (nSPS) is 10.9. The summed E-state index contributed by atoms with van der Waals surface area (Å²) in [7, 11) is -2.32. The zero-order valence-electron chi connectivity index (χ0n) is 12.7. The van der Waals surface area contributed by atoms with Crippen molar-refractivity contribution in [2.45, 2.75) is 24.8 Å². The van der Waals surface area contributed by atoms with Crippen LogP contribution in [0, 0.1) is 7.43 Å². The van der Waals surface area contributed by atoms with E-state index in [0.717, 1.165) is 5.39 Å². The molecule has 0 saturated heterocycles. The van der Waals surface area contributed by atoms with Crippen LogP contribution in [0.3, 0.4) is 0 Å². The van der Waals surface area contributed by atoms with E-state index in [4.69, 9.17) is 4.74 Å². The zero-order valence-corrected chi connectivity index (χ0v) is 16.4. The van der Waals surface area contributed by atoms with Crippen LogP contribution < -0.4 is 4.74 Å². The van der Waals surface area contributed by atoms with Crippen molar-refractivity contribution in [1.82, 2.24) is 0 Å². The molecule has 0 aliphatic rings. The van der Waals surface area contributed by atoms with Gasteiger partial charge >= 0.3 is 0 Å². The number of rotatable bonds is 4. The van der Waals surface area contributed by atoms with Gasteiger partial charge in [0, 0.05) is 43.5 Å². The van der Waals surface area contributed by atoms with Gasteiger partial charge in [-0.1, -0.05) is 24.3 Å². The van der Waals surface area contributed by atoms with Gasteiger partial charge in [-0.25, -0.2) is 8.42 Å². The van der Waals surface area contributed by atoms with E-state index >= 15 is 0 Å². The Balaban J connectivity index is 0.00000200. The van der Waals surface area contributed by atoms with Gasteiger partial charge in [-0.3, -0.25) is 0 Å². The van der Waals surface area contributed by atoms with Gasteiger partial charge in [0.2, 0.25) is 0 Å². The first kappa shape index (κ1) is 20.5. The van der Waals surface area contributed by atoms with Gasteiger partial charge in [-0.2, -0.15) is 7.05 Å². The molecule has 0 bridgehead atoms. The maximum absolute atomic E-state index is 11.9. The van der Waals surface area contributed by atoms with Crippen LogP contribution in [-0.2, 0) is 42.7 Å². The van der Waals surface area contributed by atoms with Crippen molar-refractivity contribution in [1.29, 1.82) is 0 Å². The molecular weight excluding hydrogens is 363 g/mol. The fourth-order valence-electron chi connectivity index (χ4n) is 1.92. The van der Waals surface area contributed by atoms with E-state index in [2.05, 4.69) is 4.72 Å². The Hall–Kier alpha value is -0.486. The standard InChI is InChI=1S/C14H16NO3S.CH3.Y/c1-10(2)18-13-8-9-14(19(16,17)15-3)12-7-5-4-6-11(12)13;;/h4-10H,1-3H3;1H3;/q2*-1;. The summed E-state index contributed by atoms with van der Waals surface area (Å²) in [4.78, 5) is 0.210. The van der Waals surface area contributed by atoms with Crippen LogP contribution in [0.5, 0.6) is 5.75 Å². The van der Waals surface area contributed by atoms with Gasteiger partial charge in [-0.15, -0.1) is 0 Å². The van der Waals surface area contributed by atoms with Gasteiger partial charge in [0.25, 0.3) is 0 Å². The SMILES string of the molecule is C[N-]S(=O)(=O)c1ccc(OC(C)C)c2ccccc12.[CH3-].[Y]. The van der Waals surface area contributed by atoms with Crippen LogP contribution in [0.25, 0.3) is 15.5 Å². The monoisotopic (exact) mass is 382 g/mol. The van der Waals surface area contributed by atoms with Gasteiger partial charge in [0.1, 0.15) is 15.8 Å². The Morgan fingerprint density at radius 1 is 1.05 bits per heavy atom. The van der Waals surface area contributed by atoms with Gasteiger partial charge in [0.15, 0.2) is 0 Å². The molecule has 0 amide bonds. The van der Waals surface area contributed by atoms with E-state index in [-0.39, 0.29) is 51.1 Å². The number of nitrogens with zero attached hydrogens (tertiary/aromatic N) is 1. The summed E-state index contributed by atoms with van der Waals surface area (Å²) in [6.45, 7) is 3.86. The maximum Gasteiger partial charge on any atom is 0.127 e. The molecule has 0 N–H and O–H groups in total. The Bertz CT molecular complexity index is 699. The third kappa shape index (κ3) is 4.49. The van der Waals surface area contributed by atoms with E-state index in [1.807, 2.05) is 26.0 Å². The van der Waals surface area contributed by atoms with Crippen molar-refractivity contribution in [2.24, 2.45) is 0 Å². The van der Waals surface area contributed by atoms with Crippen molar-refractivity contribution in [3.8, 4) is 5.75 Å². The minimum atomic E-state index is -3.60. The maximum atomic E-state index is 11.9. The second-order valence-corrected chi connectivity index (χ2v) is 6.19. The number of ether oxygens (including phenoxy) is 1. The molecule has 0 unspecified atom stereocenters. The molecular formula is C15H19NO3SY-2. The largest absolute Gasteiger partial charge is 0.547 e. The number of hydrogen-bond donors (Lipinski definition) is 0. The van der Waals surface area contributed by atoms with Gasteiger partial charge in [0.05, 0.1) is 11.0 Å². The van der Waals surface area contributed by atoms with Crippen molar-refractivity contribution in [3.63, 3.8) is 0 Å².